The second-order valence-electron chi connectivity index (χ2n) is 4.71. The van der Waals surface area contributed by atoms with Crippen LogP contribution in [-0.2, 0) is 10.0 Å². The molecule has 2 aromatic rings. The predicted molar refractivity (Wildman–Crippen MR) is 86.9 cm³/mol. The Hall–Kier alpha value is -2.01. The fourth-order valence-corrected chi connectivity index (χ4v) is 3.40. The standard InChI is InChI=1S/C13H15N3O5S2/c14-23(20,21)9-3-4-10(12(8-9)16(18)19)15-11(5-6-17)13-2-1-7-22-13/h1-4,7-8,11,15,17H,5-6H2,(H2,14,20,21). The Balaban J connectivity index is 2.40. The van der Waals surface area contributed by atoms with E-state index in [4.69, 9.17) is 5.14 Å². The van der Waals surface area contributed by atoms with E-state index in [9.17, 15) is 23.6 Å². The Kier molecular flexibility index (Phi) is 5.31. The third-order valence-corrected chi connectivity index (χ3v) is 5.03. The first kappa shape index (κ1) is 17.3. The van der Waals surface area contributed by atoms with Crippen molar-refractivity contribution in [3.63, 3.8) is 0 Å². The predicted octanol–water partition coefficient (Wildman–Crippen LogP) is 1.84. The molecule has 0 aliphatic carbocycles. The molecule has 0 saturated heterocycles. The number of nitrogens with one attached hydrogen (secondary N) is 1. The van der Waals surface area contributed by atoms with Crippen LogP contribution in [-0.4, -0.2) is 25.1 Å². The van der Waals surface area contributed by atoms with Crippen LogP contribution in [0.3, 0.4) is 0 Å². The van der Waals surface area contributed by atoms with E-state index < -0.39 is 20.6 Å². The van der Waals surface area contributed by atoms with Crippen molar-refractivity contribution in [3.8, 4) is 0 Å². The number of benzene rings is 1. The maximum Gasteiger partial charge on any atom is 0.293 e. The monoisotopic (exact) mass is 357 g/mol. The van der Waals surface area contributed by atoms with Gasteiger partial charge in [0.2, 0.25) is 10.0 Å². The molecule has 0 amide bonds. The Bertz CT molecular complexity index is 790. The second-order valence-corrected chi connectivity index (χ2v) is 7.25. The van der Waals surface area contributed by atoms with Crippen LogP contribution >= 0.6 is 11.3 Å². The zero-order chi connectivity index (χ0) is 17.0. The molecule has 10 heteroatoms. The molecule has 1 unspecified atom stereocenters. The van der Waals surface area contributed by atoms with E-state index >= 15 is 0 Å². The molecule has 1 atom stereocenters. The zero-order valence-electron chi connectivity index (χ0n) is 11.9. The number of rotatable bonds is 7. The smallest absolute Gasteiger partial charge is 0.293 e. The molecule has 124 valence electrons. The van der Waals surface area contributed by atoms with E-state index in [-0.39, 0.29) is 23.2 Å². The van der Waals surface area contributed by atoms with Gasteiger partial charge in [0, 0.05) is 17.6 Å². The van der Waals surface area contributed by atoms with Crippen LogP contribution < -0.4 is 10.5 Å². The molecule has 0 aliphatic rings. The zero-order valence-corrected chi connectivity index (χ0v) is 13.5. The van der Waals surface area contributed by atoms with Crippen LogP contribution in [0.2, 0.25) is 0 Å². The number of thiophene rings is 1. The molecular formula is C13H15N3O5S2. The highest BCUT2D eigenvalue weighted by molar-refractivity contribution is 7.89. The number of nitrogens with zero attached hydrogens (tertiary/aromatic N) is 1. The van der Waals surface area contributed by atoms with Gasteiger partial charge in [-0.25, -0.2) is 13.6 Å². The second kappa shape index (κ2) is 7.04. The number of nitro groups is 1. The van der Waals surface area contributed by atoms with Gasteiger partial charge in [-0.3, -0.25) is 10.1 Å². The Morgan fingerprint density at radius 2 is 2.13 bits per heavy atom. The van der Waals surface area contributed by atoms with E-state index in [2.05, 4.69) is 5.32 Å². The molecule has 0 saturated carbocycles. The van der Waals surface area contributed by atoms with Gasteiger partial charge in [-0.05, 0) is 30.0 Å². The number of primary sulfonamides is 1. The number of aliphatic hydroxyl groups is 1. The summed E-state index contributed by atoms with van der Waals surface area (Å²) in [5.74, 6) is 0. The van der Waals surface area contributed by atoms with Crippen LogP contribution in [0.15, 0.2) is 40.6 Å². The van der Waals surface area contributed by atoms with Gasteiger partial charge in [0.1, 0.15) is 5.69 Å². The molecule has 1 heterocycles. The molecule has 0 bridgehead atoms. The molecule has 0 fully saturated rings. The summed E-state index contributed by atoms with van der Waals surface area (Å²) in [4.78, 5) is 11.1. The summed E-state index contributed by atoms with van der Waals surface area (Å²) in [6.07, 6.45) is 0.356. The average molecular weight is 357 g/mol. The molecule has 0 spiro atoms. The van der Waals surface area contributed by atoms with Crippen molar-refractivity contribution in [2.24, 2.45) is 5.14 Å². The number of hydrogen-bond donors (Lipinski definition) is 3. The maximum absolute atomic E-state index is 11.3. The van der Waals surface area contributed by atoms with Crippen LogP contribution in [0.4, 0.5) is 11.4 Å². The number of aliphatic hydroxyl groups excluding tert-OH is 1. The SMILES string of the molecule is NS(=O)(=O)c1ccc(NC(CCO)c2cccs2)c([N+](=O)[O-])c1. The van der Waals surface area contributed by atoms with Crippen LogP contribution in [0.25, 0.3) is 0 Å². The van der Waals surface area contributed by atoms with E-state index in [1.165, 1.54) is 23.5 Å². The first-order chi connectivity index (χ1) is 10.8. The van der Waals surface area contributed by atoms with Gasteiger partial charge in [0.15, 0.2) is 0 Å². The molecule has 1 aromatic carbocycles. The minimum Gasteiger partial charge on any atom is -0.396 e. The van der Waals surface area contributed by atoms with Crippen molar-refractivity contribution in [1.29, 1.82) is 0 Å². The Morgan fingerprint density at radius 3 is 2.65 bits per heavy atom. The van der Waals surface area contributed by atoms with Crippen molar-refractivity contribution in [2.75, 3.05) is 11.9 Å². The number of hydrogen-bond acceptors (Lipinski definition) is 7. The topological polar surface area (TPSA) is 136 Å². The highest BCUT2D eigenvalue weighted by atomic mass is 32.2. The van der Waals surface area contributed by atoms with Gasteiger partial charge in [-0.2, -0.15) is 0 Å². The number of nitrogens with two attached hydrogens (primary N) is 1. The van der Waals surface area contributed by atoms with E-state index in [0.29, 0.717) is 6.42 Å². The fourth-order valence-electron chi connectivity index (χ4n) is 2.05. The third kappa shape index (κ3) is 4.26. The highest BCUT2D eigenvalue weighted by Crippen LogP contribution is 2.32. The normalized spacial score (nSPS) is 12.8. The molecule has 2 rings (SSSR count). The Morgan fingerprint density at radius 1 is 1.39 bits per heavy atom. The van der Waals surface area contributed by atoms with Gasteiger partial charge in [0.05, 0.1) is 15.9 Å². The Labute approximate surface area is 136 Å². The molecular weight excluding hydrogens is 342 g/mol. The first-order valence-electron chi connectivity index (χ1n) is 6.55. The summed E-state index contributed by atoms with van der Waals surface area (Å²) in [6.45, 7) is -0.0986. The summed E-state index contributed by atoms with van der Waals surface area (Å²) in [7, 11) is -4.03. The molecule has 0 radical (unpaired) electrons. The van der Waals surface area contributed by atoms with Crippen molar-refractivity contribution in [1.82, 2.24) is 0 Å². The molecule has 23 heavy (non-hydrogen) atoms. The van der Waals surface area contributed by atoms with Crippen LogP contribution in [0.1, 0.15) is 17.3 Å². The largest absolute Gasteiger partial charge is 0.396 e. The van der Waals surface area contributed by atoms with Crippen LogP contribution in [0.5, 0.6) is 0 Å². The summed E-state index contributed by atoms with van der Waals surface area (Å²) < 4.78 is 22.7. The number of nitro benzene ring substituents is 1. The summed E-state index contributed by atoms with van der Waals surface area (Å²) in [5.41, 5.74) is -0.231. The van der Waals surface area contributed by atoms with Gasteiger partial charge < -0.3 is 10.4 Å². The van der Waals surface area contributed by atoms with Gasteiger partial charge in [0.25, 0.3) is 5.69 Å². The van der Waals surface area contributed by atoms with E-state index in [0.717, 1.165) is 10.9 Å². The minimum absolute atomic E-state index is 0.0986. The van der Waals surface area contributed by atoms with Crippen molar-refractivity contribution in [2.45, 2.75) is 17.4 Å². The van der Waals surface area contributed by atoms with Gasteiger partial charge in [-0.15, -0.1) is 11.3 Å². The lowest BCUT2D eigenvalue weighted by Crippen LogP contribution is -2.15. The van der Waals surface area contributed by atoms with E-state index in [1.807, 2.05) is 17.5 Å². The third-order valence-electron chi connectivity index (χ3n) is 3.13. The first-order valence-corrected chi connectivity index (χ1v) is 8.97. The lowest BCUT2D eigenvalue weighted by Gasteiger charge is -2.18. The molecule has 0 aliphatic heterocycles. The van der Waals surface area contributed by atoms with Crippen molar-refractivity contribution in [3.05, 3.63) is 50.7 Å². The summed E-state index contributed by atoms with van der Waals surface area (Å²) >= 11 is 1.45. The lowest BCUT2D eigenvalue weighted by molar-refractivity contribution is -0.384. The van der Waals surface area contributed by atoms with Gasteiger partial charge in [-0.1, -0.05) is 6.07 Å². The van der Waals surface area contributed by atoms with Crippen molar-refractivity contribution < 1.29 is 18.4 Å². The quantitative estimate of drug-likeness (QED) is 0.511. The molecule has 1 aromatic heterocycles. The number of sulfonamides is 1. The number of anilines is 1. The lowest BCUT2D eigenvalue weighted by atomic mass is 10.1. The maximum atomic E-state index is 11.3. The fraction of sp³-hybridized carbons (Fsp3) is 0.231. The summed E-state index contributed by atoms with van der Waals surface area (Å²) in [5, 5.41) is 30.2. The van der Waals surface area contributed by atoms with E-state index in [1.54, 1.807) is 0 Å². The average Bonchev–Trinajstić information content (AvgIpc) is 2.99. The van der Waals surface area contributed by atoms with Crippen molar-refractivity contribution >= 4 is 32.7 Å². The van der Waals surface area contributed by atoms with Gasteiger partial charge >= 0.3 is 0 Å². The molecule has 4 N–H and O–H groups in total. The summed E-state index contributed by atoms with van der Waals surface area (Å²) in [6, 6.07) is 6.79. The highest BCUT2D eigenvalue weighted by Gasteiger charge is 2.22. The molecule has 8 nitrogen and oxygen atoms in total. The van der Waals surface area contributed by atoms with Crippen LogP contribution in [0, 0.1) is 10.1 Å². The minimum atomic E-state index is -4.03.